The fraction of sp³-hybridized carbons (Fsp3) is 0.471. The summed E-state index contributed by atoms with van der Waals surface area (Å²) in [6.07, 6.45) is 1.42. The van der Waals surface area contributed by atoms with E-state index >= 15 is 0 Å². The summed E-state index contributed by atoms with van der Waals surface area (Å²) in [5.41, 5.74) is 2.33. The molecule has 2 atom stereocenters. The Hall–Kier alpha value is -4.74. The third kappa shape index (κ3) is 7.91. The van der Waals surface area contributed by atoms with Crippen molar-refractivity contribution in [3.63, 3.8) is 0 Å². The molecule has 0 unspecified atom stereocenters. The van der Waals surface area contributed by atoms with Crippen LogP contribution >= 0.6 is 0 Å². The molecular weight excluding hydrogens is 592 g/mol. The van der Waals surface area contributed by atoms with Crippen LogP contribution in [0.1, 0.15) is 87.2 Å². The van der Waals surface area contributed by atoms with Crippen LogP contribution in [-0.2, 0) is 41.7 Å². The van der Waals surface area contributed by atoms with Crippen LogP contribution in [0.3, 0.4) is 0 Å². The zero-order chi connectivity index (χ0) is 33.6. The van der Waals surface area contributed by atoms with Crippen LogP contribution in [0, 0.1) is 12.3 Å². The van der Waals surface area contributed by atoms with E-state index < -0.39 is 35.3 Å². The zero-order valence-electron chi connectivity index (χ0n) is 27.2. The first kappa shape index (κ1) is 34.1. The van der Waals surface area contributed by atoms with E-state index in [4.69, 9.17) is 14.2 Å². The number of nitrogens with one attached hydrogen (secondary N) is 2. The molecule has 1 aromatic heterocycles. The van der Waals surface area contributed by atoms with Crippen LogP contribution in [0.4, 0.5) is 5.69 Å². The van der Waals surface area contributed by atoms with E-state index in [0.29, 0.717) is 34.4 Å². The van der Waals surface area contributed by atoms with E-state index in [1.807, 2.05) is 12.1 Å². The van der Waals surface area contributed by atoms with Gasteiger partial charge in [-0.15, -0.1) is 0 Å². The molecule has 1 aliphatic rings. The van der Waals surface area contributed by atoms with E-state index in [9.17, 15) is 24.0 Å². The summed E-state index contributed by atoms with van der Waals surface area (Å²) in [5.74, 6) is -1.59. The molecule has 3 aromatic rings. The fourth-order valence-electron chi connectivity index (χ4n) is 5.29. The average molecular weight is 635 g/mol. The highest BCUT2D eigenvalue weighted by molar-refractivity contribution is 6.01. The van der Waals surface area contributed by atoms with Crippen molar-refractivity contribution in [2.24, 2.45) is 5.41 Å². The lowest BCUT2D eigenvalue weighted by Crippen LogP contribution is -2.42. The molecule has 1 aliphatic carbocycles. The Morgan fingerprint density at radius 2 is 1.76 bits per heavy atom. The molecule has 46 heavy (non-hydrogen) atoms. The van der Waals surface area contributed by atoms with E-state index in [1.165, 1.54) is 4.57 Å². The van der Waals surface area contributed by atoms with Crippen molar-refractivity contribution >= 4 is 40.4 Å². The molecule has 0 saturated carbocycles. The highest BCUT2D eigenvalue weighted by Crippen LogP contribution is 2.36. The van der Waals surface area contributed by atoms with Gasteiger partial charge in [-0.1, -0.05) is 12.1 Å². The second-order valence-electron chi connectivity index (χ2n) is 12.2. The number of carbonyl (C=O) groups excluding carboxylic acids is 4. The molecule has 2 aromatic carbocycles. The van der Waals surface area contributed by atoms with Crippen LogP contribution < -0.4 is 16.2 Å². The number of anilines is 1. The number of hydrogen-bond acceptors (Lipinski definition) is 10. The largest absolute Gasteiger partial charge is 0.466 e. The number of aryl methyl sites for hydroxylation is 2. The Morgan fingerprint density at radius 1 is 1.04 bits per heavy atom. The summed E-state index contributed by atoms with van der Waals surface area (Å²) >= 11 is 0. The quantitative estimate of drug-likeness (QED) is 0.217. The highest BCUT2D eigenvalue weighted by atomic mass is 16.5. The zero-order valence-corrected chi connectivity index (χ0v) is 27.2. The number of nitrogens with zero attached hydrogens (tertiary/aromatic N) is 2. The van der Waals surface area contributed by atoms with Gasteiger partial charge >= 0.3 is 17.9 Å². The van der Waals surface area contributed by atoms with E-state index in [2.05, 4.69) is 15.6 Å². The molecule has 0 spiro atoms. The number of ether oxygens (including phenoxy) is 3. The minimum atomic E-state index is -1.04. The minimum absolute atomic E-state index is 0.0303. The number of esters is 3. The monoisotopic (exact) mass is 634 g/mol. The van der Waals surface area contributed by atoms with Gasteiger partial charge in [0.05, 0.1) is 41.1 Å². The first-order valence-corrected chi connectivity index (χ1v) is 15.5. The van der Waals surface area contributed by atoms with E-state index in [-0.39, 0.29) is 44.4 Å². The Balaban J connectivity index is 1.57. The van der Waals surface area contributed by atoms with E-state index in [0.717, 1.165) is 17.5 Å². The molecule has 1 heterocycles. The third-order valence-electron chi connectivity index (χ3n) is 7.74. The molecule has 246 valence electrons. The van der Waals surface area contributed by atoms with Crippen LogP contribution in [0.25, 0.3) is 10.9 Å². The Labute approximate surface area is 267 Å². The topological polar surface area (TPSA) is 155 Å². The molecule has 0 aliphatic heterocycles. The second-order valence-corrected chi connectivity index (χ2v) is 12.2. The van der Waals surface area contributed by atoms with Crippen molar-refractivity contribution < 1.29 is 33.4 Å². The van der Waals surface area contributed by atoms with Gasteiger partial charge in [-0.3, -0.25) is 23.7 Å². The average Bonchev–Trinajstić information content (AvgIpc) is 3.39. The third-order valence-corrected chi connectivity index (χ3v) is 7.74. The van der Waals surface area contributed by atoms with Crippen molar-refractivity contribution in [1.82, 2.24) is 14.9 Å². The van der Waals surface area contributed by atoms with Crippen molar-refractivity contribution in [3.8, 4) is 0 Å². The van der Waals surface area contributed by atoms with Crippen LogP contribution in [0.5, 0.6) is 0 Å². The van der Waals surface area contributed by atoms with Gasteiger partial charge in [0.1, 0.15) is 11.9 Å². The Morgan fingerprint density at radius 3 is 2.46 bits per heavy atom. The number of benzene rings is 2. The maximum atomic E-state index is 13.5. The number of carbonyl (C=O) groups is 4. The van der Waals surface area contributed by atoms with Gasteiger partial charge in [-0.05, 0) is 96.2 Å². The lowest BCUT2D eigenvalue weighted by molar-refractivity contribution is -0.157. The number of fused-ring (bicyclic) bond motifs is 2. The van der Waals surface area contributed by atoms with Crippen molar-refractivity contribution in [1.29, 1.82) is 0 Å². The van der Waals surface area contributed by atoms with Crippen LogP contribution in [0.2, 0.25) is 0 Å². The van der Waals surface area contributed by atoms with Crippen molar-refractivity contribution in [3.05, 3.63) is 69.3 Å². The van der Waals surface area contributed by atoms with Gasteiger partial charge < -0.3 is 24.8 Å². The SMILES string of the molecule is CCOC(=O)CC[C@H](NC(=O)c1ccccc1N[C@@H]1CCc2cc3nc(C)n(COC(=O)C(C)(C)C)c(=O)c3cc21)C(=O)OCC. The summed E-state index contributed by atoms with van der Waals surface area (Å²) in [5, 5.41) is 6.58. The number of hydrogen-bond donors (Lipinski definition) is 2. The first-order valence-electron chi connectivity index (χ1n) is 15.5. The molecular formula is C34H42N4O8. The number of aromatic nitrogens is 2. The summed E-state index contributed by atoms with van der Waals surface area (Å²) in [6.45, 7) is 10.4. The highest BCUT2D eigenvalue weighted by Gasteiger charge is 2.28. The molecule has 0 fully saturated rings. The van der Waals surface area contributed by atoms with Crippen molar-refractivity contribution in [2.45, 2.75) is 86.0 Å². The maximum Gasteiger partial charge on any atom is 0.328 e. The predicted molar refractivity (Wildman–Crippen MR) is 171 cm³/mol. The normalized spacial score (nSPS) is 14.7. The van der Waals surface area contributed by atoms with Crippen LogP contribution in [0.15, 0.2) is 41.2 Å². The molecule has 0 saturated heterocycles. The molecule has 12 nitrogen and oxygen atoms in total. The summed E-state index contributed by atoms with van der Waals surface area (Å²) < 4.78 is 16.9. The summed E-state index contributed by atoms with van der Waals surface area (Å²) in [6, 6.07) is 9.41. The molecule has 2 N–H and O–H groups in total. The number of rotatable bonds is 12. The molecule has 12 heteroatoms. The first-order chi connectivity index (χ1) is 21.8. The predicted octanol–water partition coefficient (Wildman–Crippen LogP) is 4.36. The Kier molecular flexibility index (Phi) is 10.8. The summed E-state index contributed by atoms with van der Waals surface area (Å²) in [7, 11) is 0. The molecule has 1 amide bonds. The Bertz CT molecular complexity index is 1690. The van der Waals surface area contributed by atoms with Crippen LogP contribution in [-0.4, -0.2) is 52.6 Å². The molecule has 0 bridgehead atoms. The van der Waals surface area contributed by atoms with Gasteiger partial charge in [0.15, 0.2) is 6.73 Å². The van der Waals surface area contributed by atoms with Gasteiger partial charge in [0.2, 0.25) is 0 Å². The molecule has 4 rings (SSSR count). The minimum Gasteiger partial charge on any atom is -0.466 e. The van der Waals surface area contributed by atoms with Gasteiger partial charge in [0.25, 0.3) is 11.5 Å². The fourth-order valence-corrected chi connectivity index (χ4v) is 5.29. The lowest BCUT2D eigenvalue weighted by Gasteiger charge is -2.21. The number of para-hydroxylation sites is 1. The standard InChI is InChI=1S/C34H42N4O8/c1-7-44-29(39)16-15-27(32(42)45-8-2)37-30(40)22-11-9-10-12-25(22)36-26-14-13-21-17-28-24(18-23(21)26)31(41)38(20(3)35-28)19-46-33(43)34(4,5)6/h9-12,17-18,26-27,36H,7-8,13-16,19H2,1-6H3,(H,37,40)/t26-,27+/m1/s1. The van der Waals surface area contributed by atoms with Crippen molar-refractivity contribution in [2.75, 3.05) is 18.5 Å². The second kappa shape index (κ2) is 14.6. The van der Waals surface area contributed by atoms with Gasteiger partial charge in [-0.25, -0.2) is 9.78 Å². The number of amides is 1. The van der Waals surface area contributed by atoms with Gasteiger partial charge in [0, 0.05) is 12.1 Å². The van der Waals surface area contributed by atoms with Gasteiger partial charge in [-0.2, -0.15) is 0 Å². The molecule has 0 radical (unpaired) electrons. The van der Waals surface area contributed by atoms with E-state index in [1.54, 1.807) is 65.8 Å². The lowest BCUT2D eigenvalue weighted by atomic mass is 9.98. The maximum absolute atomic E-state index is 13.5. The summed E-state index contributed by atoms with van der Waals surface area (Å²) in [4.78, 5) is 68.5. The smallest absolute Gasteiger partial charge is 0.328 e.